The van der Waals surface area contributed by atoms with Crippen molar-refractivity contribution in [2.45, 2.75) is 6.92 Å². The predicted octanol–water partition coefficient (Wildman–Crippen LogP) is 0.624. The average Bonchev–Trinajstić information content (AvgIpc) is 2.03. The summed E-state index contributed by atoms with van der Waals surface area (Å²) in [6.07, 6.45) is 1.01. The highest BCUT2D eigenvalue weighted by molar-refractivity contribution is 5.96. The first-order chi connectivity index (χ1) is 5.65. The van der Waals surface area contributed by atoms with E-state index in [1.165, 1.54) is 6.07 Å². The lowest BCUT2D eigenvalue weighted by molar-refractivity contribution is 0.318. The normalized spacial score (nSPS) is 11.7. The van der Waals surface area contributed by atoms with Crippen molar-refractivity contribution in [1.29, 1.82) is 0 Å². The molecule has 1 rings (SSSR count). The fraction of sp³-hybridized carbons (Fsp3) is 0.143. The van der Waals surface area contributed by atoms with Gasteiger partial charge in [0.15, 0.2) is 5.84 Å². The monoisotopic (exact) mass is 169 g/mol. The molecule has 0 saturated carbocycles. The van der Waals surface area contributed by atoms with Crippen LogP contribution in [0.4, 0.5) is 4.39 Å². The molecule has 0 atom stereocenters. The lowest BCUT2D eigenvalue weighted by Crippen LogP contribution is -2.16. The van der Waals surface area contributed by atoms with Crippen LogP contribution in [0.3, 0.4) is 0 Å². The molecule has 0 aliphatic carbocycles. The van der Waals surface area contributed by atoms with Gasteiger partial charge in [-0.1, -0.05) is 5.16 Å². The van der Waals surface area contributed by atoms with Crippen LogP contribution in [0.15, 0.2) is 17.4 Å². The van der Waals surface area contributed by atoms with Crippen LogP contribution in [-0.2, 0) is 0 Å². The van der Waals surface area contributed by atoms with Crippen molar-refractivity contribution in [3.05, 3.63) is 29.3 Å². The molecule has 1 heterocycles. The zero-order chi connectivity index (χ0) is 9.14. The summed E-state index contributed by atoms with van der Waals surface area (Å²) >= 11 is 0. The number of aromatic nitrogens is 1. The number of rotatable bonds is 1. The first-order valence-corrected chi connectivity index (χ1v) is 3.25. The molecule has 0 bridgehead atoms. The molecule has 12 heavy (non-hydrogen) atoms. The van der Waals surface area contributed by atoms with Gasteiger partial charge in [0, 0.05) is 0 Å². The van der Waals surface area contributed by atoms with E-state index in [0.29, 0.717) is 11.3 Å². The quantitative estimate of drug-likeness (QED) is 0.280. The summed E-state index contributed by atoms with van der Waals surface area (Å²) in [5.41, 5.74) is 6.08. The Morgan fingerprint density at radius 1 is 1.75 bits per heavy atom. The first-order valence-electron chi connectivity index (χ1n) is 3.25. The fourth-order valence-electron chi connectivity index (χ4n) is 0.856. The molecule has 0 spiro atoms. The summed E-state index contributed by atoms with van der Waals surface area (Å²) in [4.78, 5) is 3.66. The van der Waals surface area contributed by atoms with Crippen molar-refractivity contribution in [3.63, 3.8) is 0 Å². The molecule has 1 aromatic rings. The van der Waals surface area contributed by atoms with E-state index in [1.54, 1.807) is 6.92 Å². The SMILES string of the molecule is Cc1cc(F)cnc1/C(N)=N/O. The van der Waals surface area contributed by atoms with Gasteiger partial charge < -0.3 is 10.9 Å². The maximum Gasteiger partial charge on any atom is 0.189 e. The standard InChI is InChI=1S/C7H8FN3O/c1-4-2-5(8)3-10-6(4)7(9)11-12/h2-3,12H,1H3,(H2,9,11). The molecule has 1 aromatic heterocycles. The van der Waals surface area contributed by atoms with Crippen LogP contribution in [0, 0.1) is 12.7 Å². The molecule has 3 N–H and O–H groups in total. The number of nitrogens with two attached hydrogens (primary N) is 1. The highest BCUT2D eigenvalue weighted by Crippen LogP contribution is 2.05. The summed E-state index contributed by atoms with van der Waals surface area (Å²) in [5, 5.41) is 11.1. The van der Waals surface area contributed by atoms with Crippen molar-refractivity contribution in [1.82, 2.24) is 4.98 Å². The molecule has 0 saturated heterocycles. The van der Waals surface area contributed by atoms with Crippen LogP contribution in [0.25, 0.3) is 0 Å². The minimum absolute atomic E-state index is 0.118. The van der Waals surface area contributed by atoms with E-state index in [-0.39, 0.29) is 5.84 Å². The number of aryl methyl sites for hydroxylation is 1. The van der Waals surface area contributed by atoms with Crippen LogP contribution < -0.4 is 5.73 Å². The van der Waals surface area contributed by atoms with E-state index in [4.69, 9.17) is 10.9 Å². The highest BCUT2D eigenvalue weighted by atomic mass is 19.1. The summed E-state index contributed by atoms with van der Waals surface area (Å²) in [6.45, 7) is 1.63. The Morgan fingerprint density at radius 3 is 2.92 bits per heavy atom. The Hall–Kier alpha value is -1.65. The molecule has 0 aromatic carbocycles. The molecule has 0 unspecified atom stereocenters. The Balaban J connectivity index is 3.18. The van der Waals surface area contributed by atoms with Gasteiger partial charge in [-0.3, -0.25) is 0 Å². The van der Waals surface area contributed by atoms with Gasteiger partial charge in [0.1, 0.15) is 11.5 Å². The summed E-state index contributed by atoms with van der Waals surface area (Å²) in [6, 6.07) is 1.26. The van der Waals surface area contributed by atoms with E-state index < -0.39 is 5.82 Å². The number of nitrogens with zero attached hydrogens (tertiary/aromatic N) is 2. The topological polar surface area (TPSA) is 71.5 Å². The zero-order valence-electron chi connectivity index (χ0n) is 6.45. The van der Waals surface area contributed by atoms with Crippen LogP contribution >= 0.6 is 0 Å². The lowest BCUT2D eigenvalue weighted by atomic mass is 10.2. The number of hydrogen-bond acceptors (Lipinski definition) is 3. The highest BCUT2D eigenvalue weighted by Gasteiger charge is 2.05. The summed E-state index contributed by atoms with van der Waals surface area (Å²) < 4.78 is 12.5. The van der Waals surface area contributed by atoms with Gasteiger partial charge in [-0.25, -0.2) is 9.37 Å². The number of oxime groups is 1. The molecule has 0 aliphatic rings. The number of halogens is 1. The molecule has 0 radical (unpaired) electrons. The molecule has 4 nitrogen and oxygen atoms in total. The number of pyridine rings is 1. The Morgan fingerprint density at radius 2 is 2.42 bits per heavy atom. The first kappa shape index (κ1) is 8.45. The molecular weight excluding hydrogens is 161 g/mol. The van der Waals surface area contributed by atoms with Crippen LogP contribution in [0.5, 0.6) is 0 Å². The van der Waals surface area contributed by atoms with Gasteiger partial charge in [0.25, 0.3) is 0 Å². The van der Waals surface area contributed by atoms with Crippen LogP contribution in [-0.4, -0.2) is 16.0 Å². The molecule has 0 amide bonds. The predicted molar refractivity (Wildman–Crippen MR) is 41.4 cm³/mol. The van der Waals surface area contributed by atoms with Crippen molar-refractivity contribution in [3.8, 4) is 0 Å². The van der Waals surface area contributed by atoms with E-state index in [9.17, 15) is 4.39 Å². The second-order valence-electron chi connectivity index (χ2n) is 2.30. The fourth-order valence-corrected chi connectivity index (χ4v) is 0.856. The van der Waals surface area contributed by atoms with Crippen LogP contribution in [0.1, 0.15) is 11.3 Å². The minimum atomic E-state index is -0.443. The van der Waals surface area contributed by atoms with Crippen molar-refractivity contribution in [2.24, 2.45) is 10.9 Å². The average molecular weight is 169 g/mol. The van der Waals surface area contributed by atoms with Gasteiger partial charge in [-0.05, 0) is 18.6 Å². The summed E-state index contributed by atoms with van der Waals surface area (Å²) in [7, 11) is 0. The smallest absolute Gasteiger partial charge is 0.189 e. The van der Waals surface area contributed by atoms with Gasteiger partial charge in [-0.2, -0.15) is 0 Å². The molecule has 5 heteroatoms. The minimum Gasteiger partial charge on any atom is -0.409 e. The van der Waals surface area contributed by atoms with E-state index in [1.807, 2.05) is 0 Å². The van der Waals surface area contributed by atoms with Crippen molar-refractivity contribution >= 4 is 5.84 Å². The van der Waals surface area contributed by atoms with Gasteiger partial charge in [0.05, 0.1) is 6.20 Å². The lowest BCUT2D eigenvalue weighted by Gasteiger charge is -2.00. The second kappa shape index (κ2) is 3.17. The van der Waals surface area contributed by atoms with Crippen molar-refractivity contribution < 1.29 is 9.60 Å². The molecule has 0 fully saturated rings. The number of amidine groups is 1. The second-order valence-corrected chi connectivity index (χ2v) is 2.30. The van der Waals surface area contributed by atoms with E-state index in [0.717, 1.165) is 6.20 Å². The Labute approximate surface area is 68.5 Å². The number of hydrogen-bond donors (Lipinski definition) is 2. The molecule has 0 aliphatic heterocycles. The third kappa shape index (κ3) is 1.50. The molecule has 64 valence electrons. The van der Waals surface area contributed by atoms with Gasteiger partial charge in [-0.15, -0.1) is 0 Å². The maximum atomic E-state index is 12.5. The van der Waals surface area contributed by atoms with E-state index >= 15 is 0 Å². The third-order valence-corrected chi connectivity index (χ3v) is 1.40. The van der Waals surface area contributed by atoms with Crippen molar-refractivity contribution in [2.75, 3.05) is 0 Å². The molecular formula is C7H8FN3O. The maximum absolute atomic E-state index is 12.5. The van der Waals surface area contributed by atoms with Crippen LogP contribution in [0.2, 0.25) is 0 Å². The van der Waals surface area contributed by atoms with Gasteiger partial charge in [0.2, 0.25) is 0 Å². The zero-order valence-corrected chi connectivity index (χ0v) is 6.45. The Bertz CT molecular complexity index is 324. The third-order valence-electron chi connectivity index (χ3n) is 1.40. The largest absolute Gasteiger partial charge is 0.409 e. The van der Waals surface area contributed by atoms with Gasteiger partial charge >= 0.3 is 0 Å². The summed E-state index contributed by atoms with van der Waals surface area (Å²) in [5.74, 6) is -0.561. The van der Waals surface area contributed by atoms with E-state index in [2.05, 4.69) is 10.1 Å². The Kier molecular flexibility index (Phi) is 2.23.